The van der Waals surface area contributed by atoms with Crippen molar-refractivity contribution in [3.8, 4) is 0 Å². The molecular formula is C15H21FN2. The molecule has 2 nitrogen and oxygen atoms in total. The maximum absolute atomic E-state index is 13.9. The Kier molecular flexibility index (Phi) is 4.34. The smallest absolute Gasteiger partial charge is 0.128 e. The van der Waals surface area contributed by atoms with E-state index in [1.807, 2.05) is 19.1 Å². The molecule has 98 valence electrons. The zero-order chi connectivity index (χ0) is 13.0. The van der Waals surface area contributed by atoms with Gasteiger partial charge in [0.05, 0.1) is 6.04 Å². The minimum Gasteiger partial charge on any atom is -0.289 e. The van der Waals surface area contributed by atoms with Crippen LogP contribution >= 0.6 is 0 Å². The van der Waals surface area contributed by atoms with Crippen LogP contribution in [0.4, 0.5) is 4.39 Å². The fourth-order valence-corrected chi connectivity index (χ4v) is 2.46. The van der Waals surface area contributed by atoms with Crippen LogP contribution in [0, 0.1) is 5.82 Å². The standard InChI is InChI=1S/C15H21FN2/c1-3-4-7-10-18-15(11-12(2)17-18)13-8-5-6-9-14(13)16/h5-6,8-9,15H,3-4,7,10-11H2,1-2H3. The zero-order valence-electron chi connectivity index (χ0n) is 11.2. The summed E-state index contributed by atoms with van der Waals surface area (Å²) in [5.74, 6) is -0.118. The molecule has 0 N–H and O–H groups in total. The van der Waals surface area contributed by atoms with Gasteiger partial charge in [0.15, 0.2) is 0 Å². The Bertz CT molecular complexity index is 428. The quantitative estimate of drug-likeness (QED) is 0.715. The monoisotopic (exact) mass is 248 g/mol. The Balaban J connectivity index is 2.10. The molecule has 1 aliphatic rings. The summed E-state index contributed by atoms with van der Waals surface area (Å²) in [6.07, 6.45) is 4.36. The lowest BCUT2D eigenvalue weighted by Gasteiger charge is -2.24. The molecule has 3 heteroatoms. The number of hydrogen-bond donors (Lipinski definition) is 0. The van der Waals surface area contributed by atoms with Crippen molar-refractivity contribution in [3.63, 3.8) is 0 Å². The van der Waals surface area contributed by atoms with Gasteiger partial charge >= 0.3 is 0 Å². The van der Waals surface area contributed by atoms with E-state index in [4.69, 9.17) is 0 Å². The van der Waals surface area contributed by atoms with Gasteiger partial charge < -0.3 is 0 Å². The molecule has 1 aromatic carbocycles. The molecule has 1 heterocycles. The number of halogens is 1. The molecule has 0 aromatic heterocycles. The lowest BCUT2D eigenvalue weighted by atomic mass is 10.0. The van der Waals surface area contributed by atoms with E-state index >= 15 is 0 Å². The summed E-state index contributed by atoms with van der Waals surface area (Å²) < 4.78 is 13.9. The number of hydrogen-bond acceptors (Lipinski definition) is 2. The summed E-state index contributed by atoms with van der Waals surface area (Å²) in [7, 11) is 0. The highest BCUT2D eigenvalue weighted by molar-refractivity contribution is 5.83. The Labute approximate surface area is 109 Å². The third kappa shape index (κ3) is 2.89. The van der Waals surface area contributed by atoms with Crippen molar-refractivity contribution >= 4 is 5.71 Å². The number of unbranched alkanes of at least 4 members (excludes halogenated alkanes) is 2. The Morgan fingerprint density at radius 1 is 1.33 bits per heavy atom. The molecule has 0 saturated heterocycles. The van der Waals surface area contributed by atoms with Gasteiger partial charge in [0.1, 0.15) is 5.82 Å². The van der Waals surface area contributed by atoms with E-state index in [9.17, 15) is 4.39 Å². The van der Waals surface area contributed by atoms with Crippen LogP contribution in [0.5, 0.6) is 0 Å². The molecule has 0 bridgehead atoms. The van der Waals surface area contributed by atoms with E-state index in [0.29, 0.717) is 0 Å². The average molecular weight is 248 g/mol. The van der Waals surface area contributed by atoms with Crippen LogP contribution in [0.2, 0.25) is 0 Å². The predicted octanol–water partition coefficient (Wildman–Crippen LogP) is 4.14. The summed E-state index contributed by atoms with van der Waals surface area (Å²) in [6, 6.07) is 7.14. The molecule has 1 atom stereocenters. The molecule has 18 heavy (non-hydrogen) atoms. The van der Waals surface area contributed by atoms with Gasteiger partial charge in [-0.15, -0.1) is 0 Å². The van der Waals surface area contributed by atoms with Gasteiger partial charge in [-0.3, -0.25) is 5.01 Å². The molecule has 1 aromatic rings. The number of benzene rings is 1. The van der Waals surface area contributed by atoms with Crippen LogP contribution in [-0.2, 0) is 0 Å². The van der Waals surface area contributed by atoms with Crippen LogP contribution < -0.4 is 0 Å². The first-order valence-corrected chi connectivity index (χ1v) is 6.77. The van der Waals surface area contributed by atoms with E-state index in [-0.39, 0.29) is 11.9 Å². The highest BCUT2D eigenvalue weighted by Gasteiger charge is 2.27. The summed E-state index contributed by atoms with van der Waals surface area (Å²) >= 11 is 0. The SMILES string of the molecule is CCCCCN1N=C(C)CC1c1ccccc1F. The maximum atomic E-state index is 13.9. The molecule has 0 saturated carbocycles. The number of nitrogens with zero attached hydrogens (tertiary/aromatic N) is 2. The topological polar surface area (TPSA) is 15.6 Å². The van der Waals surface area contributed by atoms with Gasteiger partial charge in [-0.2, -0.15) is 5.10 Å². The Morgan fingerprint density at radius 2 is 2.11 bits per heavy atom. The van der Waals surface area contributed by atoms with Gasteiger partial charge in [-0.1, -0.05) is 38.0 Å². The number of rotatable bonds is 5. The number of hydrazone groups is 1. The fraction of sp³-hybridized carbons (Fsp3) is 0.533. The molecule has 0 radical (unpaired) electrons. The van der Waals surface area contributed by atoms with E-state index in [1.54, 1.807) is 6.07 Å². The van der Waals surface area contributed by atoms with E-state index in [1.165, 1.54) is 18.9 Å². The van der Waals surface area contributed by atoms with Crippen molar-refractivity contribution in [1.82, 2.24) is 5.01 Å². The van der Waals surface area contributed by atoms with Crippen LogP contribution in [0.15, 0.2) is 29.4 Å². The Morgan fingerprint density at radius 3 is 2.83 bits per heavy atom. The first-order valence-electron chi connectivity index (χ1n) is 6.77. The highest BCUT2D eigenvalue weighted by atomic mass is 19.1. The van der Waals surface area contributed by atoms with Gasteiger partial charge in [0, 0.05) is 24.2 Å². The van der Waals surface area contributed by atoms with Crippen molar-refractivity contribution < 1.29 is 4.39 Å². The molecule has 1 aliphatic heterocycles. The van der Waals surface area contributed by atoms with Crippen molar-refractivity contribution in [1.29, 1.82) is 0 Å². The summed E-state index contributed by atoms with van der Waals surface area (Å²) in [5, 5.41) is 6.60. The minimum atomic E-state index is -0.118. The third-order valence-electron chi connectivity index (χ3n) is 3.40. The molecular weight excluding hydrogens is 227 g/mol. The maximum Gasteiger partial charge on any atom is 0.128 e. The van der Waals surface area contributed by atoms with Crippen molar-refractivity contribution in [2.75, 3.05) is 6.54 Å². The second-order valence-corrected chi connectivity index (χ2v) is 4.95. The highest BCUT2D eigenvalue weighted by Crippen LogP contribution is 2.32. The zero-order valence-corrected chi connectivity index (χ0v) is 11.2. The second-order valence-electron chi connectivity index (χ2n) is 4.95. The Hall–Kier alpha value is -1.38. The molecule has 1 unspecified atom stereocenters. The summed E-state index contributed by atoms with van der Waals surface area (Å²) in [5.41, 5.74) is 1.87. The summed E-state index contributed by atoms with van der Waals surface area (Å²) in [4.78, 5) is 0. The molecule has 2 rings (SSSR count). The fourth-order valence-electron chi connectivity index (χ4n) is 2.46. The summed E-state index contributed by atoms with van der Waals surface area (Å²) in [6.45, 7) is 5.13. The lowest BCUT2D eigenvalue weighted by Crippen LogP contribution is -2.21. The second kappa shape index (κ2) is 5.98. The van der Waals surface area contributed by atoms with E-state index < -0.39 is 0 Å². The molecule has 0 aliphatic carbocycles. The predicted molar refractivity (Wildman–Crippen MR) is 73.1 cm³/mol. The first-order chi connectivity index (χ1) is 8.72. The van der Waals surface area contributed by atoms with Crippen molar-refractivity contribution in [2.24, 2.45) is 5.10 Å². The first kappa shape index (κ1) is 13.1. The molecule has 0 fully saturated rings. The van der Waals surface area contributed by atoms with Gasteiger partial charge in [0.2, 0.25) is 0 Å². The van der Waals surface area contributed by atoms with Gasteiger partial charge in [0.25, 0.3) is 0 Å². The largest absolute Gasteiger partial charge is 0.289 e. The average Bonchev–Trinajstić information content (AvgIpc) is 2.71. The van der Waals surface area contributed by atoms with Gasteiger partial charge in [-0.05, 0) is 19.4 Å². The third-order valence-corrected chi connectivity index (χ3v) is 3.40. The van der Waals surface area contributed by atoms with Gasteiger partial charge in [-0.25, -0.2) is 4.39 Å². The normalized spacial score (nSPS) is 19.2. The van der Waals surface area contributed by atoms with Crippen LogP contribution in [0.3, 0.4) is 0 Å². The molecule has 0 amide bonds. The van der Waals surface area contributed by atoms with Crippen LogP contribution in [-0.4, -0.2) is 17.3 Å². The molecule has 0 spiro atoms. The van der Waals surface area contributed by atoms with E-state index in [2.05, 4.69) is 17.0 Å². The van der Waals surface area contributed by atoms with Crippen LogP contribution in [0.1, 0.15) is 51.1 Å². The van der Waals surface area contributed by atoms with Crippen molar-refractivity contribution in [2.45, 2.75) is 45.6 Å². The van der Waals surface area contributed by atoms with Crippen molar-refractivity contribution in [3.05, 3.63) is 35.6 Å². The lowest BCUT2D eigenvalue weighted by molar-refractivity contribution is 0.224. The van der Waals surface area contributed by atoms with Crippen LogP contribution in [0.25, 0.3) is 0 Å². The van der Waals surface area contributed by atoms with E-state index in [0.717, 1.165) is 30.7 Å². The minimum absolute atomic E-state index is 0.0862.